The van der Waals surface area contributed by atoms with Gasteiger partial charge >= 0.3 is 0 Å². The topological polar surface area (TPSA) is 69.6 Å². The minimum atomic E-state index is 0.152. The molecule has 0 aromatic heterocycles. The molecular formula is C22H30N4O3. The van der Waals surface area contributed by atoms with E-state index in [1.807, 2.05) is 24.3 Å². The summed E-state index contributed by atoms with van der Waals surface area (Å²) in [6.07, 6.45) is 0. The molecule has 7 nitrogen and oxygen atoms in total. The second-order valence-corrected chi connectivity index (χ2v) is 6.81. The largest absolute Gasteiger partial charge is 0.504 e. The van der Waals surface area contributed by atoms with Crippen LogP contribution in [0.1, 0.15) is 12.5 Å². The smallest absolute Gasteiger partial charge is 0.194 e. The molecule has 0 spiro atoms. The van der Waals surface area contributed by atoms with Crippen LogP contribution in [0.3, 0.4) is 0 Å². The highest BCUT2D eigenvalue weighted by atomic mass is 16.5. The Kier molecular flexibility index (Phi) is 7.05. The van der Waals surface area contributed by atoms with Gasteiger partial charge in [0.2, 0.25) is 0 Å². The molecule has 0 amide bonds. The molecule has 1 fully saturated rings. The van der Waals surface area contributed by atoms with Gasteiger partial charge in [-0.2, -0.15) is 0 Å². The maximum absolute atomic E-state index is 10.3. The number of piperazine rings is 1. The SMILES string of the molecule is CCNC(=NCc1cccc(OC)c1O)N1CCN(c2ccc(OC)cc2)CC1. The monoisotopic (exact) mass is 398 g/mol. The van der Waals surface area contributed by atoms with Crippen molar-refractivity contribution in [3.63, 3.8) is 0 Å². The van der Waals surface area contributed by atoms with Gasteiger partial charge in [0.25, 0.3) is 0 Å². The molecule has 0 radical (unpaired) electrons. The van der Waals surface area contributed by atoms with Crippen LogP contribution in [0.15, 0.2) is 47.5 Å². The van der Waals surface area contributed by atoms with Gasteiger partial charge in [0.1, 0.15) is 5.75 Å². The number of phenolic OH excluding ortho intramolecular Hbond substituents is 1. The van der Waals surface area contributed by atoms with Crippen LogP contribution in [0.4, 0.5) is 5.69 Å². The third-order valence-electron chi connectivity index (χ3n) is 5.05. The van der Waals surface area contributed by atoms with Gasteiger partial charge in [-0.3, -0.25) is 0 Å². The average molecular weight is 399 g/mol. The molecular weight excluding hydrogens is 368 g/mol. The summed E-state index contributed by atoms with van der Waals surface area (Å²) in [6, 6.07) is 13.7. The highest BCUT2D eigenvalue weighted by Gasteiger charge is 2.20. The first kappa shape index (κ1) is 20.6. The van der Waals surface area contributed by atoms with Gasteiger partial charge in [-0.15, -0.1) is 0 Å². The van der Waals surface area contributed by atoms with Crippen molar-refractivity contribution in [1.82, 2.24) is 10.2 Å². The van der Waals surface area contributed by atoms with E-state index in [1.165, 1.54) is 5.69 Å². The average Bonchev–Trinajstić information content (AvgIpc) is 2.77. The molecule has 0 atom stereocenters. The van der Waals surface area contributed by atoms with Crippen molar-refractivity contribution in [2.24, 2.45) is 4.99 Å². The first-order valence-corrected chi connectivity index (χ1v) is 9.93. The fourth-order valence-electron chi connectivity index (χ4n) is 3.42. The van der Waals surface area contributed by atoms with Gasteiger partial charge in [0.15, 0.2) is 17.5 Å². The van der Waals surface area contributed by atoms with Crippen LogP contribution < -0.4 is 19.7 Å². The van der Waals surface area contributed by atoms with Crippen molar-refractivity contribution in [1.29, 1.82) is 0 Å². The zero-order valence-corrected chi connectivity index (χ0v) is 17.4. The van der Waals surface area contributed by atoms with E-state index in [0.717, 1.165) is 50.0 Å². The maximum Gasteiger partial charge on any atom is 0.194 e. The number of aliphatic imine (C=N–C) groups is 1. The highest BCUT2D eigenvalue weighted by molar-refractivity contribution is 5.80. The molecule has 2 N–H and O–H groups in total. The Labute approximate surface area is 172 Å². The Balaban J connectivity index is 1.65. The number of methoxy groups -OCH3 is 2. The first-order chi connectivity index (χ1) is 14.2. The lowest BCUT2D eigenvalue weighted by Gasteiger charge is -2.37. The van der Waals surface area contributed by atoms with Gasteiger partial charge in [0, 0.05) is 44.0 Å². The van der Waals surface area contributed by atoms with E-state index in [1.54, 1.807) is 20.3 Å². The second kappa shape index (κ2) is 9.91. The molecule has 29 heavy (non-hydrogen) atoms. The van der Waals surface area contributed by atoms with E-state index >= 15 is 0 Å². The van der Waals surface area contributed by atoms with Crippen LogP contribution in [0.5, 0.6) is 17.2 Å². The summed E-state index contributed by atoms with van der Waals surface area (Å²) in [4.78, 5) is 9.38. The van der Waals surface area contributed by atoms with E-state index in [0.29, 0.717) is 12.3 Å². The van der Waals surface area contributed by atoms with E-state index in [2.05, 4.69) is 34.2 Å². The fraction of sp³-hybridized carbons (Fsp3) is 0.409. The van der Waals surface area contributed by atoms with E-state index in [4.69, 9.17) is 14.5 Å². The van der Waals surface area contributed by atoms with Gasteiger partial charge < -0.3 is 29.7 Å². The lowest BCUT2D eigenvalue weighted by atomic mass is 10.2. The van der Waals surface area contributed by atoms with Crippen molar-refractivity contribution >= 4 is 11.6 Å². The zero-order chi connectivity index (χ0) is 20.6. The number of benzene rings is 2. The number of rotatable bonds is 6. The third kappa shape index (κ3) is 5.04. The lowest BCUT2D eigenvalue weighted by molar-refractivity contribution is 0.368. The Morgan fingerprint density at radius 2 is 1.76 bits per heavy atom. The summed E-state index contributed by atoms with van der Waals surface area (Å²) in [5, 5.41) is 13.7. The molecule has 3 rings (SSSR count). The third-order valence-corrected chi connectivity index (χ3v) is 5.05. The standard InChI is InChI=1S/C22H30N4O3/c1-4-23-22(24-16-17-6-5-7-20(29-3)21(17)27)26-14-12-25(13-15-26)18-8-10-19(28-2)11-9-18/h5-11,27H,4,12-16H2,1-3H3,(H,23,24). The van der Waals surface area contributed by atoms with Crippen LogP contribution in [-0.2, 0) is 6.54 Å². The number of phenols is 1. The number of nitrogens with zero attached hydrogens (tertiary/aromatic N) is 3. The zero-order valence-electron chi connectivity index (χ0n) is 17.4. The van der Waals surface area contributed by atoms with E-state index in [-0.39, 0.29) is 5.75 Å². The van der Waals surface area contributed by atoms with Crippen LogP contribution in [0.2, 0.25) is 0 Å². The Bertz CT molecular complexity index is 815. The number of ether oxygens (including phenoxy) is 2. The molecule has 1 heterocycles. The summed E-state index contributed by atoms with van der Waals surface area (Å²) in [7, 11) is 3.23. The number of nitrogens with one attached hydrogen (secondary N) is 1. The van der Waals surface area contributed by atoms with E-state index in [9.17, 15) is 5.11 Å². The minimum Gasteiger partial charge on any atom is -0.504 e. The number of hydrogen-bond acceptors (Lipinski definition) is 5. The number of aromatic hydroxyl groups is 1. The normalized spacial score (nSPS) is 14.7. The van der Waals surface area contributed by atoms with Gasteiger partial charge in [-0.1, -0.05) is 12.1 Å². The molecule has 0 aliphatic carbocycles. The lowest BCUT2D eigenvalue weighted by Crippen LogP contribution is -2.52. The molecule has 1 aliphatic heterocycles. The molecule has 0 saturated carbocycles. The Hall–Kier alpha value is -3.09. The summed E-state index contributed by atoms with van der Waals surface area (Å²) in [5.74, 6) is 2.36. The number of guanidine groups is 1. The fourth-order valence-corrected chi connectivity index (χ4v) is 3.42. The van der Waals surface area contributed by atoms with Gasteiger partial charge in [-0.25, -0.2) is 4.99 Å². The summed E-state index contributed by atoms with van der Waals surface area (Å²) in [6.45, 7) is 6.84. The van der Waals surface area contributed by atoms with Crippen LogP contribution in [-0.4, -0.2) is 62.9 Å². The minimum absolute atomic E-state index is 0.152. The van der Waals surface area contributed by atoms with Crippen molar-refractivity contribution in [3.8, 4) is 17.2 Å². The van der Waals surface area contributed by atoms with Crippen molar-refractivity contribution in [3.05, 3.63) is 48.0 Å². The maximum atomic E-state index is 10.3. The second-order valence-electron chi connectivity index (χ2n) is 6.81. The molecule has 0 unspecified atom stereocenters. The molecule has 0 bridgehead atoms. The van der Waals surface area contributed by atoms with Crippen molar-refractivity contribution in [2.75, 3.05) is 51.8 Å². The number of hydrogen-bond donors (Lipinski definition) is 2. The van der Waals surface area contributed by atoms with Crippen LogP contribution in [0.25, 0.3) is 0 Å². The Morgan fingerprint density at radius 3 is 2.38 bits per heavy atom. The molecule has 2 aromatic rings. The predicted molar refractivity (Wildman–Crippen MR) is 116 cm³/mol. The van der Waals surface area contributed by atoms with Crippen molar-refractivity contribution < 1.29 is 14.6 Å². The molecule has 1 saturated heterocycles. The number of para-hydroxylation sites is 1. The first-order valence-electron chi connectivity index (χ1n) is 9.93. The van der Waals surface area contributed by atoms with E-state index < -0.39 is 0 Å². The summed E-state index contributed by atoms with van der Waals surface area (Å²) < 4.78 is 10.4. The highest BCUT2D eigenvalue weighted by Crippen LogP contribution is 2.29. The molecule has 156 valence electrons. The summed E-state index contributed by atoms with van der Waals surface area (Å²) >= 11 is 0. The van der Waals surface area contributed by atoms with Crippen LogP contribution >= 0.6 is 0 Å². The van der Waals surface area contributed by atoms with Gasteiger partial charge in [-0.05, 0) is 37.3 Å². The predicted octanol–water partition coefficient (Wildman–Crippen LogP) is 2.70. The summed E-state index contributed by atoms with van der Waals surface area (Å²) in [5.41, 5.74) is 1.95. The number of anilines is 1. The van der Waals surface area contributed by atoms with Crippen LogP contribution in [0, 0.1) is 0 Å². The van der Waals surface area contributed by atoms with Crippen molar-refractivity contribution in [2.45, 2.75) is 13.5 Å². The quantitative estimate of drug-likeness (QED) is 0.576. The Morgan fingerprint density at radius 1 is 1.03 bits per heavy atom. The van der Waals surface area contributed by atoms with Gasteiger partial charge in [0.05, 0.1) is 20.8 Å². The molecule has 7 heteroatoms. The molecule has 1 aliphatic rings. The molecule has 2 aromatic carbocycles.